The Kier molecular flexibility index (Phi) is 15.0. The first kappa shape index (κ1) is 37.2. The van der Waals surface area contributed by atoms with Crippen LogP contribution in [-0.2, 0) is 20.8 Å². The number of nitrogens with one attached hydrogen (secondary N) is 5. The van der Waals surface area contributed by atoms with Crippen molar-refractivity contribution >= 4 is 23.6 Å². The monoisotopic (exact) mass is 624 g/mol. The molecule has 0 radical (unpaired) electrons. The fourth-order valence-electron chi connectivity index (χ4n) is 4.70. The predicted molar refractivity (Wildman–Crippen MR) is 175 cm³/mol. The summed E-state index contributed by atoms with van der Waals surface area (Å²) in [6.45, 7) is 14.6. The summed E-state index contributed by atoms with van der Waals surface area (Å²) < 4.78 is 0.576. The molecule has 0 aliphatic rings. The van der Waals surface area contributed by atoms with Crippen LogP contribution in [0.2, 0.25) is 0 Å². The first-order valence-electron chi connectivity index (χ1n) is 15.8. The molecule has 2 rings (SSSR count). The molecule has 45 heavy (non-hydrogen) atoms. The Morgan fingerprint density at radius 1 is 0.822 bits per heavy atom. The van der Waals surface area contributed by atoms with Crippen molar-refractivity contribution in [2.24, 2.45) is 11.3 Å². The Balaban J connectivity index is 2.17. The van der Waals surface area contributed by atoms with Gasteiger partial charge < -0.3 is 31.8 Å². The molecule has 11 heteroatoms. The number of hydrogen-bond acceptors (Lipinski definition) is 6. The molecule has 0 aliphatic carbocycles. The van der Waals surface area contributed by atoms with E-state index in [9.17, 15) is 24.4 Å². The molecule has 248 valence electrons. The fourth-order valence-corrected chi connectivity index (χ4v) is 4.70. The quantitative estimate of drug-likeness (QED) is 0.135. The molecule has 4 amide bonds. The van der Waals surface area contributed by atoms with Crippen molar-refractivity contribution in [1.82, 2.24) is 26.6 Å². The maximum absolute atomic E-state index is 13.7. The summed E-state index contributed by atoms with van der Waals surface area (Å²) in [6.07, 6.45) is 4.33. The van der Waals surface area contributed by atoms with E-state index in [0.717, 1.165) is 5.56 Å². The Hall–Kier alpha value is -3.99. The Morgan fingerprint density at radius 3 is 2.02 bits per heavy atom. The molecule has 0 bridgehead atoms. The van der Waals surface area contributed by atoms with Gasteiger partial charge in [-0.25, -0.2) is 0 Å². The summed E-state index contributed by atoms with van der Waals surface area (Å²) in [5.41, 5.74) is 0.964. The maximum atomic E-state index is 13.7. The second-order valence-corrected chi connectivity index (χ2v) is 13.3. The maximum Gasteiger partial charge on any atom is 0.252 e. The molecule has 2 aromatic rings. The van der Waals surface area contributed by atoms with Gasteiger partial charge in [-0.2, -0.15) is 4.73 Å². The van der Waals surface area contributed by atoms with E-state index in [1.165, 1.54) is 24.5 Å². The SMILES string of the molecule is CCC[C@H](NC(=O)[C@H](CC(C)(C)C)NC(=O)c1cc[n+]([O-])cc1)C(=O)N[C@H](CN[C@@H](C)C(=O)NCC(C)C)Cc1ccccc1. The number of aromatic nitrogens is 1. The minimum absolute atomic E-state index is 0.112. The number of nitrogens with zero attached hydrogens (tertiary/aromatic N) is 1. The molecule has 0 saturated heterocycles. The fraction of sp³-hybridized carbons (Fsp3) is 0.559. The van der Waals surface area contributed by atoms with Crippen LogP contribution in [0.5, 0.6) is 0 Å². The number of hydrogen-bond donors (Lipinski definition) is 5. The molecule has 0 saturated carbocycles. The van der Waals surface area contributed by atoms with Gasteiger partial charge in [-0.3, -0.25) is 19.2 Å². The minimum Gasteiger partial charge on any atom is -0.619 e. The van der Waals surface area contributed by atoms with Gasteiger partial charge in [0.1, 0.15) is 12.1 Å². The van der Waals surface area contributed by atoms with E-state index < -0.39 is 29.9 Å². The molecule has 0 fully saturated rings. The van der Waals surface area contributed by atoms with Crippen LogP contribution in [0.25, 0.3) is 0 Å². The molecule has 0 spiro atoms. The van der Waals surface area contributed by atoms with Gasteiger partial charge in [0.05, 0.1) is 11.6 Å². The largest absolute Gasteiger partial charge is 0.619 e. The molecule has 5 N–H and O–H groups in total. The van der Waals surface area contributed by atoms with Gasteiger partial charge >= 0.3 is 0 Å². The van der Waals surface area contributed by atoms with Gasteiger partial charge in [0, 0.05) is 31.3 Å². The summed E-state index contributed by atoms with van der Waals surface area (Å²) in [4.78, 5) is 52.7. The van der Waals surface area contributed by atoms with Crippen LogP contribution in [0.1, 0.15) is 83.7 Å². The Bertz CT molecular complexity index is 1230. The van der Waals surface area contributed by atoms with Crippen LogP contribution in [0, 0.1) is 16.5 Å². The third-order valence-corrected chi connectivity index (χ3v) is 7.13. The zero-order valence-electron chi connectivity index (χ0n) is 27.8. The van der Waals surface area contributed by atoms with Gasteiger partial charge in [0.25, 0.3) is 5.91 Å². The van der Waals surface area contributed by atoms with Gasteiger partial charge in [0.2, 0.25) is 17.7 Å². The smallest absolute Gasteiger partial charge is 0.252 e. The van der Waals surface area contributed by atoms with E-state index in [4.69, 9.17) is 0 Å². The summed E-state index contributed by atoms with van der Waals surface area (Å²) in [6, 6.07) is 9.96. The second kappa shape index (κ2) is 18.1. The van der Waals surface area contributed by atoms with Crippen LogP contribution < -0.4 is 31.3 Å². The lowest BCUT2D eigenvalue weighted by molar-refractivity contribution is -0.605. The molecule has 0 aliphatic heterocycles. The third-order valence-electron chi connectivity index (χ3n) is 7.13. The van der Waals surface area contributed by atoms with Gasteiger partial charge in [-0.05, 0) is 43.1 Å². The van der Waals surface area contributed by atoms with E-state index in [1.807, 2.05) is 71.9 Å². The molecule has 1 aromatic carbocycles. The lowest BCUT2D eigenvalue weighted by atomic mass is 9.87. The van der Waals surface area contributed by atoms with Crippen molar-refractivity contribution in [1.29, 1.82) is 0 Å². The van der Waals surface area contributed by atoms with Crippen molar-refractivity contribution < 1.29 is 23.9 Å². The summed E-state index contributed by atoms with van der Waals surface area (Å²) in [7, 11) is 0. The van der Waals surface area contributed by atoms with E-state index in [1.54, 1.807) is 6.92 Å². The number of pyridine rings is 1. The molecular formula is C34H52N6O5. The van der Waals surface area contributed by atoms with Crippen LogP contribution in [0.4, 0.5) is 0 Å². The average molecular weight is 625 g/mol. The molecule has 1 heterocycles. The predicted octanol–water partition coefficient (Wildman–Crippen LogP) is 2.62. The highest BCUT2D eigenvalue weighted by atomic mass is 16.5. The normalized spacial score (nSPS) is 14.1. The summed E-state index contributed by atoms with van der Waals surface area (Å²) >= 11 is 0. The highest BCUT2D eigenvalue weighted by molar-refractivity contribution is 5.98. The van der Waals surface area contributed by atoms with E-state index in [2.05, 4.69) is 26.6 Å². The van der Waals surface area contributed by atoms with Gasteiger partial charge in [-0.1, -0.05) is 78.3 Å². The Morgan fingerprint density at radius 2 is 1.44 bits per heavy atom. The zero-order valence-corrected chi connectivity index (χ0v) is 27.8. The van der Waals surface area contributed by atoms with Crippen molar-refractivity contribution in [2.75, 3.05) is 13.1 Å². The van der Waals surface area contributed by atoms with E-state index in [-0.39, 0.29) is 28.8 Å². The standard InChI is InChI=1S/C34H52N6O5/c1-8-12-28(38-33(44)29(20-34(5,6)7)39-31(42)26-15-17-40(45)18-16-26)32(43)37-27(19-25-13-10-9-11-14-25)22-35-24(4)30(41)36-21-23(2)3/h9-11,13-18,23-24,27-29,35H,8,12,19-22H2,1-7H3,(H,36,41)(H,37,43)(H,38,44)(H,39,42)/t24-,27-,28-,29-/m0/s1. The highest BCUT2D eigenvalue weighted by Crippen LogP contribution is 2.21. The second-order valence-electron chi connectivity index (χ2n) is 13.3. The minimum atomic E-state index is -0.906. The first-order chi connectivity index (χ1) is 21.2. The van der Waals surface area contributed by atoms with Crippen molar-refractivity contribution in [3.05, 3.63) is 71.2 Å². The van der Waals surface area contributed by atoms with Crippen LogP contribution in [0.3, 0.4) is 0 Å². The number of benzene rings is 1. The highest BCUT2D eigenvalue weighted by Gasteiger charge is 2.31. The number of carbonyl (C=O) groups is 4. The number of rotatable bonds is 17. The average Bonchev–Trinajstić information content (AvgIpc) is 2.97. The molecule has 1 aromatic heterocycles. The van der Waals surface area contributed by atoms with Gasteiger partial charge in [0.15, 0.2) is 12.4 Å². The van der Waals surface area contributed by atoms with Crippen LogP contribution in [0.15, 0.2) is 54.9 Å². The first-order valence-corrected chi connectivity index (χ1v) is 15.8. The molecular weight excluding hydrogens is 572 g/mol. The zero-order chi connectivity index (χ0) is 33.6. The van der Waals surface area contributed by atoms with Gasteiger partial charge in [-0.15, -0.1) is 0 Å². The third kappa shape index (κ3) is 14.1. The van der Waals surface area contributed by atoms with Crippen LogP contribution >= 0.6 is 0 Å². The van der Waals surface area contributed by atoms with Crippen LogP contribution in [-0.4, -0.2) is 60.9 Å². The molecule has 4 atom stereocenters. The topological polar surface area (TPSA) is 155 Å². The van der Waals surface area contributed by atoms with E-state index >= 15 is 0 Å². The Labute approximate surface area is 267 Å². The lowest BCUT2D eigenvalue weighted by Crippen LogP contribution is -2.57. The number of amides is 4. The van der Waals surface area contributed by atoms with E-state index in [0.29, 0.717) is 49.4 Å². The molecule has 0 unspecified atom stereocenters. The van der Waals surface area contributed by atoms with Crippen molar-refractivity contribution in [3.8, 4) is 0 Å². The van der Waals surface area contributed by atoms with Crippen molar-refractivity contribution in [3.63, 3.8) is 0 Å². The summed E-state index contributed by atoms with van der Waals surface area (Å²) in [5, 5.41) is 26.3. The number of carbonyl (C=O) groups excluding carboxylic acids is 4. The summed E-state index contributed by atoms with van der Waals surface area (Å²) in [5.74, 6) is -1.07. The molecule has 11 nitrogen and oxygen atoms in total. The van der Waals surface area contributed by atoms with Crippen molar-refractivity contribution in [2.45, 2.75) is 98.3 Å². The lowest BCUT2D eigenvalue weighted by Gasteiger charge is -2.29.